The van der Waals surface area contributed by atoms with Gasteiger partial charge in [-0.3, -0.25) is 0 Å². The molecule has 0 aliphatic carbocycles. The summed E-state index contributed by atoms with van der Waals surface area (Å²) in [5.74, 6) is 0. The number of hydrogen-bond donors (Lipinski definition) is 2. The third kappa shape index (κ3) is 1.91. The molecule has 1 fully saturated rings. The molecular weight excluding hydrogens is 188 g/mol. The van der Waals surface area contributed by atoms with Crippen molar-refractivity contribution in [2.75, 3.05) is 13.1 Å². The minimum Gasteiger partial charge on any atom is -0.313 e. The molecule has 2 rings (SSSR count). The van der Waals surface area contributed by atoms with E-state index in [9.17, 15) is 5.21 Å². The van der Waals surface area contributed by atoms with Gasteiger partial charge in [0, 0.05) is 19.1 Å². The summed E-state index contributed by atoms with van der Waals surface area (Å²) in [6.07, 6.45) is 0. The van der Waals surface area contributed by atoms with Crippen LogP contribution >= 0.6 is 0 Å². The molecule has 1 aromatic carbocycles. The lowest BCUT2D eigenvalue weighted by Crippen LogP contribution is -2.59. The molecule has 2 atom stereocenters. The summed E-state index contributed by atoms with van der Waals surface area (Å²) in [7, 11) is 0. The number of benzene rings is 1. The lowest BCUT2D eigenvalue weighted by molar-refractivity contribution is -0.189. The summed E-state index contributed by atoms with van der Waals surface area (Å²) >= 11 is 0. The summed E-state index contributed by atoms with van der Waals surface area (Å²) in [4.78, 5) is 0. The largest absolute Gasteiger partial charge is 0.313 e. The average molecular weight is 206 g/mol. The zero-order chi connectivity index (χ0) is 10.9. The van der Waals surface area contributed by atoms with Crippen molar-refractivity contribution < 1.29 is 5.21 Å². The standard InChI is InChI=1S/C12H18N2O/c1-10-8-14(15)12(2,9-13-10)11-6-4-3-5-7-11/h3-7,10,13,15H,8-9H2,1-2H3. The van der Waals surface area contributed by atoms with E-state index in [2.05, 4.69) is 31.3 Å². The molecule has 0 bridgehead atoms. The molecule has 1 aliphatic heterocycles. The minimum atomic E-state index is -0.312. The number of piperazine rings is 1. The van der Waals surface area contributed by atoms with Crippen LogP contribution in [0.2, 0.25) is 0 Å². The molecule has 2 unspecified atom stereocenters. The highest BCUT2D eigenvalue weighted by Gasteiger charge is 2.37. The fourth-order valence-corrected chi connectivity index (χ4v) is 2.04. The minimum absolute atomic E-state index is 0.312. The molecule has 3 heteroatoms. The van der Waals surface area contributed by atoms with Crippen molar-refractivity contribution in [2.45, 2.75) is 25.4 Å². The first kappa shape index (κ1) is 10.6. The van der Waals surface area contributed by atoms with Crippen molar-refractivity contribution in [1.29, 1.82) is 0 Å². The Morgan fingerprint density at radius 1 is 1.40 bits per heavy atom. The maximum absolute atomic E-state index is 10.0. The molecule has 15 heavy (non-hydrogen) atoms. The molecule has 0 saturated carbocycles. The van der Waals surface area contributed by atoms with Crippen LogP contribution < -0.4 is 5.32 Å². The Hall–Kier alpha value is -0.900. The lowest BCUT2D eigenvalue weighted by atomic mass is 9.89. The highest BCUT2D eigenvalue weighted by Crippen LogP contribution is 2.28. The molecule has 1 heterocycles. The van der Waals surface area contributed by atoms with Crippen molar-refractivity contribution in [3.63, 3.8) is 0 Å². The molecule has 1 aliphatic rings. The number of hydrogen-bond acceptors (Lipinski definition) is 3. The van der Waals surface area contributed by atoms with Crippen LogP contribution in [0.15, 0.2) is 30.3 Å². The van der Waals surface area contributed by atoms with E-state index >= 15 is 0 Å². The van der Waals surface area contributed by atoms with Gasteiger partial charge < -0.3 is 10.5 Å². The van der Waals surface area contributed by atoms with Gasteiger partial charge in [0.25, 0.3) is 0 Å². The first-order valence-corrected chi connectivity index (χ1v) is 5.38. The molecule has 0 radical (unpaired) electrons. The molecule has 0 aromatic heterocycles. The Kier molecular flexibility index (Phi) is 2.78. The van der Waals surface area contributed by atoms with Gasteiger partial charge in [-0.25, -0.2) is 0 Å². The van der Waals surface area contributed by atoms with Crippen molar-refractivity contribution in [3.8, 4) is 0 Å². The van der Waals surface area contributed by atoms with Gasteiger partial charge in [-0.15, -0.1) is 0 Å². The number of hydroxylamine groups is 2. The van der Waals surface area contributed by atoms with Gasteiger partial charge in [-0.2, -0.15) is 5.06 Å². The highest BCUT2D eigenvalue weighted by atomic mass is 16.5. The van der Waals surface area contributed by atoms with Gasteiger partial charge in [0.05, 0.1) is 5.54 Å². The first-order chi connectivity index (χ1) is 7.13. The van der Waals surface area contributed by atoms with Crippen LogP contribution in [0.25, 0.3) is 0 Å². The zero-order valence-corrected chi connectivity index (χ0v) is 9.27. The van der Waals surface area contributed by atoms with Crippen LogP contribution in [-0.2, 0) is 5.54 Å². The van der Waals surface area contributed by atoms with E-state index in [4.69, 9.17) is 0 Å². The van der Waals surface area contributed by atoms with Crippen molar-refractivity contribution in [2.24, 2.45) is 0 Å². The van der Waals surface area contributed by atoms with Crippen molar-refractivity contribution in [3.05, 3.63) is 35.9 Å². The molecule has 3 nitrogen and oxygen atoms in total. The second-order valence-corrected chi connectivity index (χ2v) is 4.50. The molecule has 0 amide bonds. The first-order valence-electron chi connectivity index (χ1n) is 5.38. The molecule has 2 N–H and O–H groups in total. The second-order valence-electron chi connectivity index (χ2n) is 4.50. The SMILES string of the molecule is CC1CN(O)C(C)(c2ccccc2)CN1. The number of nitrogens with zero attached hydrogens (tertiary/aromatic N) is 1. The van der Waals surface area contributed by atoms with Crippen LogP contribution in [0.4, 0.5) is 0 Å². The lowest BCUT2D eigenvalue weighted by Gasteiger charge is -2.43. The van der Waals surface area contributed by atoms with Crippen LogP contribution in [-0.4, -0.2) is 29.4 Å². The van der Waals surface area contributed by atoms with Crippen LogP contribution in [0.3, 0.4) is 0 Å². The second kappa shape index (κ2) is 3.93. The Morgan fingerprint density at radius 2 is 2.07 bits per heavy atom. The maximum Gasteiger partial charge on any atom is 0.0805 e. The molecule has 1 aromatic rings. The number of nitrogens with one attached hydrogen (secondary N) is 1. The van der Waals surface area contributed by atoms with E-state index in [1.165, 1.54) is 5.06 Å². The molecule has 82 valence electrons. The van der Waals surface area contributed by atoms with Gasteiger partial charge in [0.15, 0.2) is 0 Å². The predicted molar refractivity (Wildman–Crippen MR) is 59.8 cm³/mol. The van der Waals surface area contributed by atoms with Crippen LogP contribution in [0.5, 0.6) is 0 Å². The summed E-state index contributed by atoms with van der Waals surface area (Å²) in [6.45, 7) is 5.56. The zero-order valence-electron chi connectivity index (χ0n) is 9.27. The Bertz CT molecular complexity index is 328. The predicted octanol–water partition coefficient (Wildman–Crippen LogP) is 1.58. The normalized spacial score (nSPS) is 32.9. The van der Waals surface area contributed by atoms with E-state index in [0.717, 1.165) is 12.1 Å². The maximum atomic E-state index is 10.0. The Balaban J connectivity index is 2.27. The summed E-state index contributed by atoms with van der Waals surface area (Å²) in [6, 6.07) is 10.5. The van der Waals surface area contributed by atoms with Crippen molar-refractivity contribution in [1.82, 2.24) is 10.4 Å². The summed E-state index contributed by atoms with van der Waals surface area (Å²) in [5.41, 5.74) is 0.834. The summed E-state index contributed by atoms with van der Waals surface area (Å²) in [5, 5.41) is 14.9. The van der Waals surface area contributed by atoms with E-state index in [1.54, 1.807) is 0 Å². The molecular formula is C12H18N2O. The summed E-state index contributed by atoms with van der Waals surface area (Å²) < 4.78 is 0. The van der Waals surface area contributed by atoms with Gasteiger partial charge in [0.2, 0.25) is 0 Å². The van der Waals surface area contributed by atoms with Gasteiger partial charge in [-0.1, -0.05) is 30.3 Å². The topological polar surface area (TPSA) is 35.5 Å². The fraction of sp³-hybridized carbons (Fsp3) is 0.500. The molecule has 0 spiro atoms. The van der Waals surface area contributed by atoms with E-state index < -0.39 is 0 Å². The van der Waals surface area contributed by atoms with E-state index in [-0.39, 0.29) is 5.54 Å². The Morgan fingerprint density at radius 3 is 2.67 bits per heavy atom. The van der Waals surface area contributed by atoms with E-state index in [0.29, 0.717) is 12.6 Å². The average Bonchev–Trinajstić information content (AvgIpc) is 2.25. The third-order valence-electron chi connectivity index (χ3n) is 3.21. The van der Waals surface area contributed by atoms with Crippen LogP contribution in [0.1, 0.15) is 19.4 Å². The quantitative estimate of drug-likeness (QED) is 0.732. The highest BCUT2D eigenvalue weighted by molar-refractivity contribution is 5.24. The van der Waals surface area contributed by atoms with Gasteiger partial charge >= 0.3 is 0 Å². The number of rotatable bonds is 1. The third-order valence-corrected chi connectivity index (χ3v) is 3.21. The van der Waals surface area contributed by atoms with Gasteiger partial charge in [-0.05, 0) is 19.4 Å². The van der Waals surface area contributed by atoms with Gasteiger partial charge in [0.1, 0.15) is 0 Å². The monoisotopic (exact) mass is 206 g/mol. The van der Waals surface area contributed by atoms with Crippen LogP contribution in [0, 0.1) is 0 Å². The molecule has 1 saturated heterocycles. The van der Waals surface area contributed by atoms with Crippen molar-refractivity contribution >= 4 is 0 Å². The Labute approximate surface area is 90.7 Å². The van der Waals surface area contributed by atoms with E-state index in [1.807, 2.05) is 18.2 Å². The fourth-order valence-electron chi connectivity index (χ4n) is 2.04. The smallest absolute Gasteiger partial charge is 0.0805 e.